The van der Waals surface area contributed by atoms with E-state index in [0.29, 0.717) is 23.4 Å². The Bertz CT molecular complexity index is 1370. The summed E-state index contributed by atoms with van der Waals surface area (Å²) in [5.74, 6) is 0.758. The molecule has 1 aromatic carbocycles. The Kier molecular flexibility index (Phi) is 6.54. The summed E-state index contributed by atoms with van der Waals surface area (Å²) in [5, 5.41) is 3.70. The Balaban J connectivity index is 2.05. The van der Waals surface area contributed by atoms with Gasteiger partial charge in [-0.3, -0.25) is 9.36 Å². The van der Waals surface area contributed by atoms with E-state index in [1.54, 1.807) is 12.1 Å². The molecule has 1 aliphatic rings. The van der Waals surface area contributed by atoms with Crippen LogP contribution in [0.2, 0.25) is 10.0 Å². The molecule has 0 spiro atoms. The fraction of sp³-hybridized carbons (Fsp3) is 0.381. The van der Waals surface area contributed by atoms with Crippen LogP contribution in [0.4, 0.5) is 0 Å². The van der Waals surface area contributed by atoms with E-state index in [1.165, 1.54) is 25.0 Å². The Morgan fingerprint density at radius 3 is 2.39 bits per heavy atom. The number of nitrogens with zero attached hydrogens (tertiary/aromatic N) is 3. The molecule has 4 rings (SSSR count). The molecule has 0 saturated carbocycles. The summed E-state index contributed by atoms with van der Waals surface area (Å²) in [7, 11) is -0.772. The van der Waals surface area contributed by atoms with Crippen LogP contribution in [0.25, 0.3) is 22.2 Å². The molecule has 12 heteroatoms. The lowest BCUT2D eigenvalue weighted by atomic mass is 10.0. The van der Waals surface area contributed by atoms with E-state index in [9.17, 15) is 13.2 Å². The van der Waals surface area contributed by atoms with Gasteiger partial charge >= 0.3 is 0 Å². The lowest BCUT2D eigenvalue weighted by Gasteiger charge is -2.18. The predicted octanol–water partition coefficient (Wildman–Crippen LogP) is 2.80. The van der Waals surface area contributed by atoms with Crippen LogP contribution in [0.1, 0.15) is 6.42 Å². The van der Waals surface area contributed by atoms with Crippen LogP contribution in [0.3, 0.4) is 0 Å². The Labute approximate surface area is 200 Å². The van der Waals surface area contributed by atoms with Crippen LogP contribution in [0, 0.1) is 5.92 Å². The van der Waals surface area contributed by atoms with Crippen LogP contribution in [0.15, 0.2) is 28.3 Å². The molecule has 1 saturated heterocycles. The largest absolute Gasteiger partial charge is 0.495 e. The fourth-order valence-corrected chi connectivity index (χ4v) is 5.12. The van der Waals surface area contributed by atoms with Crippen molar-refractivity contribution in [3.63, 3.8) is 0 Å². The van der Waals surface area contributed by atoms with Gasteiger partial charge in [-0.2, -0.15) is 4.98 Å². The van der Waals surface area contributed by atoms with E-state index < -0.39 is 15.4 Å². The van der Waals surface area contributed by atoms with Gasteiger partial charge in [0.05, 0.1) is 29.8 Å². The first-order chi connectivity index (χ1) is 15.7. The van der Waals surface area contributed by atoms with Gasteiger partial charge in [0.25, 0.3) is 5.56 Å². The van der Waals surface area contributed by atoms with Gasteiger partial charge in [0.15, 0.2) is 0 Å². The van der Waals surface area contributed by atoms with Gasteiger partial charge in [0, 0.05) is 36.0 Å². The molecular weight excluding hydrogens is 491 g/mol. The molecule has 0 radical (unpaired) electrons. The van der Waals surface area contributed by atoms with Gasteiger partial charge in [-0.05, 0) is 31.5 Å². The fourth-order valence-electron chi connectivity index (χ4n) is 3.92. The second kappa shape index (κ2) is 9.09. The summed E-state index contributed by atoms with van der Waals surface area (Å²) in [6.45, 7) is 1.91. The zero-order chi connectivity index (χ0) is 23.9. The number of ether oxygens (including phenoxy) is 2. The highest BCUT2D eigenvalue weighted by Gasteiger charge is 2.25. The number of pyridine rings is 1. The summed E-state index contributed by atoms with van der Waals surface area (Å²) in [6.07, 6.45) is 3.27. The molecule has 3 heterocycles. The molecule has 1 aliphatic heterocycles. The number of sulfone groups is 1. The molecule has 33 heavy (non-hydrogen) atoms. The van der Waals surface area contributed by atoms with Crippen LogP contribution >= 0.6 is 23.2 Å². The van der Waals surface area contributed by atoms with Crippen molar-refractivity contribution in [2.24, 2.45) is 5.92 Å². The van der Waals surface area contributed by atoms with Crippen molar-refractivity contribution in [3.8, 4) is 22.6 Å². The first-order valence-corrected chi connectivity index (χ1v) is 12.7. The minimum Gasteiger partial charge on any atom is -0.495 e. The molecule has 9 nitrogen and oxygen atoms in total. The second-order valence-corrected chi connectivity index (χ2v) is 10.5. The predicted molar refractivity (Wildman–Crippen MR) is 126 cm³/mol. The summed E-state index contributed by atoms with van der Waals surface area (Å²) >= 11 is 13.1. The van der Waals surface area contributed by atoms with Crippen molar-refractivity contribution < 1.29 is 17.9 Å². The van der Waals surface area contributed by atoms with Gasteiger partial charge in [0.1, 0.15) is 17.1 Å². The minimum atomic E-state index is -3.67. The van der Waals surface area contributed by atoms with E-state index in [0.717, 1.165) is 25.8 Å². The van der Waals surface area contributed by atoms with Crippen LogP contribution in [-0.4, -0.2) is 56.5 Å². The molecule has 0 bridgehead atoms. The van der Waals surface area contributed by atoms with Crippen LogP contribution < -0.4 is 20.3 Å². The van der Waals surface area contributed by atoms with Crippen molar-refractivity contribution in [3.05, 3.63) is 38.7 Å². The third-order valence-electron chi connectivity index (χ3n) is 5.58. The first kappa shape index (κ1) is 23.7. The third-order valence-corrected chi connectivity index (χ3v) is 7.19. The number of hydrogen-bond acceptors (Lipinski definition) is 8. The van der Waals surface area contributed by atoms with Gasteiger partial charge in [-0.15, -0.1) is 0 Å². The topological polar surface area (TPSA) is 112 Å². The smallest absolute Gasteiger partial charge is 0.260 e. The van der Waals surface area contributed by atoms with E-state index in [4.69, 9.17) is 32.7 Å². The Hall–Kier alpha value is -2.40. The number of rotatable bonds is 6. The zero-order valence-electron chi connectivity index (χ0n) is 18.2. The van der Waals surface area contributed by atoms with E-state index in [1.807, 2.05) is 0 Å². The van der Waals surface area contributed by atoms with Gasteiger partial charge in [-0.1, -0.05) is 23.2 Å². The number of benzene rings is 1. The molecule has 1 unspecified atom stereocenters. The average Bonchev–Trinajstić information content (AvgIpc) is 3.29. The van der Waals surface area contributed by atoms with Crippen molar-refractivity contribution in [1.29, 1.82) is 0 Å². The Morgan fingerprint density at radius 2 is 1.85 bits per heavy atom. The number of methoxy groups -OCH3 is 2. The van der Waals surface area contributed by atoms with Crippen LogP contribution in [0.5, 0.6) is 11.5 Å². The first-order valence-electron chi connectivity index (χ1n) is 10.1. The standard InChI is InChI=1S/C21H22Cl2N4O5S/c1-31-14-7-15(32-2)18(23)16(17(14)22)13-6-12-9-25-21(33(3,29)30)26-19(12)27(20(13)28)10-11-4-5-24-8-11/h6-7,9,11,24H,4-5,8,10H2,1-3H3. The minimum absolute atomic E-state index is 0.155. The molecular formula is C21H22Cl2N4O5S. The van der Waals surface area contributed by atoms with Crippen molar-refractivity contribution in [2.75, 3.05) is 33.6 Å². The number of aromatic nitrogens is 3. The number of hydrogen-bond donors (Lipinski definition) is 1. The summed E-state index contributed by atoms with van der Waals surface area (Å²) in [5.41, 5.74) is 0.281. The monoisotopic (exact) mass is 512 g/mol. The molecule has 0 amide bonds. The summed E-state index contributed by atoms with van der Waals surface area (Å²) < 4.78 is 36.3. The molecule has 176 valence electrons. The zero-order valence-corrected chi connectivity index (χ0v) is 20.5. The third kappa shape index (κ3) is 4.40. The number of nitrogens with one attached hydrogen (secondary N) is 1. The summed E-state index contributed by atoms with van der Waals surface area (Å²) in [4.78, 5) is 22.0. The lowest BCUT2D eigenvalue weighted by molar-refractivity contribution is 0.395. The highest BCUT2D eigenvalue weighted by Crippen LogP contribution is 2.45. The van der Waals surface area contributed by atoms with Gasteiger partial charge < -0.3 is 14.8 Å². The normalized spacial score (nSPS) is 16.3. The van der Waals surface area contributed by atoms with Gasteiger partial charge in [-0.25, -0.2) is 13.4 Å². The SMILES string of the molecule is COc1cc(OC)c(Cl)c(-c2cc3cnc(S(C)(=O)=O)nc3n(CC3CCNC3)c2=O)c1Cl. The highest BCUT2D eigenvalue weighted by atomic mass is 35.5. The second-order valence-electron chi connectivity index (χ2n) is 7.82. The molecule has 1 fully saturated rings. The number of halogens is 2. The maximum absolute atomic E-state index is 13.8. The maximum Gasteiger partial charge on any atom is 0.260 e. The van der Waals surface area contributed by atoms with E-state index in [-0.39, 0.29) is 37.9 Å². The van der Waals surface area contributed by atoms with E-state index in [2.05, 4.69) is 15.3 Å². The number of fused-ring (bicyclic) bond motifs is 1. The lowest BCUT2D eigenvalue weighted by Crippen LogP contribution is -2.28. The van der Waals surface area contributed by atoms with E-state index >= 15 is 0 Å². The average molecular weight is 513 g/mol. The molecule has 0 aliphatic carbocycles. The van der Waals surface area contributed by atoms with Gasteiger partial charge in [0.2, 0.25) is 15.0 Å². The quantitative estimate of drug-likeness (QED) is 0.501. The molecule has 1 N–H and O–H groups in total. The van der Waals surface area contributed by atoms with Crippen molar-refractivity contribution in [2.45, 2.75) is 18.1 Å². The van der Waals surface area contributed by atoms with Crippen molar-refractivity contribution in [1.82, 2.24) is 19.9 Å². The maximum atomic E-state index is 13.8. The highest BCUT2D eigenvalue weighted by molar-refractivity contribution is 7.90. The molecule has 3 aromatic rings. The molecule has 2 aromatic heterocycles. The van der Waals surface area contributed by atoms with Crippen molar-refractivity contribution >= 4 is 44.1 Å². The Morgan fingerprint density at radius 1 is 1.18 bits per heavy atom. The molecule has 1 atom stereocenters. The van der Waals surface area contributed by atoms with Crippen LogP contribution in [-0.2, 0) is 16.4 Å². The summed E-state index contributed by atoms with van der Waals surface area (Å²) in [6, 6.07) is 3.10.